The Balaban J connectivity index is 1.65. The van der Waals surface area contributed by atoms with Crippen molar-refractivity contribution in [2.24, 2.45) is 7.05 Å². The monoisotopic (exact) mass is 442 g/mol. The molecule has 33 heavy (non-hydrogen) atoms. The van der Waals surface area contributed by atoms with Crippen molar-refractivity contribution in [1.82, 2.24) is 24.5 Å². The van der Waals surface area contributed by atoms with Crippen molar-refractivity contribution in [3.05, 3.63) is 77.4 Å². The molecule has 1 aromatic carbocycles. The molecule has 3 aromatic heterocycles. The van der Waals surface area contributed by atoms with Crippen LogP contribution in [0, 0.1) is 11.3 Å². The van der Waals surface area contributed by atoms with Crippen molar-refractivity contribution in [2.45, 2.75) is 19.4 Å². The number of hydrogen-bond acceptors (Lipinski definition) is 6. The first-order valence-corrected chi connectivity index (χ1v) is 10.4. The third kappa shape index (κ3) is 4.51. The van der Waals surface area contributed by atoms with Crippen molar-refractivity contribution < 1.29 is 14.7 Å². The summed E-state index contributed by atoms with van der Waals surface area (Å²) in [7, 11) is 1.58. The number of rotatable bonds is 7. The fourth-order valence-electron chi connectivity index (χ4n) is 3.60. The van der Waals surface area contributed by atoms with Gasteiger partial charge in [0.05, 0.1) is 29.1 Å². The van der Waals surface area contributed by atoms with E-state index in [0.29, 0.717) is 16.8 Å². The third-order valence-corrected chi connectivity index (χ3v) is 5.22. The van der Waals surface area contributed by atoms with Gasteiger partial charge >= 0.3 is 0 Å². The van der Waals surface area contributed by atoms with Crippen LogP contribution in [0.5, 0.6) is 0 Å². The fourth-order valence-corrected chi connectivity index (χ4v) is 3.60. The zero-order valence-corrected chi connectivity index (χ0v) is 18.2. The molecule has 0 aliphatic rings. The van der Waals surface area contributed by atoms with Gasteiger partial charge in [-0.05, 0) is 18.6 Å². The van der Waals surface area contributed by atoms with Crippen LogP contribution in [-0.4, -0.2) is 48.6 Å². The summed E-state index contributed by atoms with van der Waals surface area (Å²) in [6.07, 6.45) is 3.99. The fraction of sp³-hybridized carbons (Fsp3) is 0.208. The maximum atomic E-state index is 13.2. The van der Waals surface area contributed by atoms with E-state index in [2.05, 4.69) is 21.5 Å². The Morgan fingerprint density at radius 2 is 2.00 bits per heavy atom. The highest BCUT2D eigenvalue weighted by atomic mass is 16.3. The number of ketones is 1. The van der Waals surface area contributed by atoms with Crippen LogP contribution in [-0.2, 0) is 13.5 Å². The predicted molar refractivity (Wildman–Crippen MR) is 121 cm³/mol. The second-order valence-corrected chi connectivity index (χ2v) is 7.77. The van der Waals surface area contributed by atoms with E-state index in [1.807, 2.05) is 36.5 Å². The summed E-state index contributed by atoms with van der Waals surface area (Å²) < 4.78 is 3.10. The molecule has 0 aliphatic carbocycles. The van der Waals surface area contributed by atoms with Gasteiger partial charge in [-0.1, -0.05) is 30.3 Å². The number of carbonyl (C=O) groups excluding carboxylic acids is 2. The van der Waals surface area contributed by atoms with Gasteiger partial charge in [0.15, 0.2) is 5.78 Å². The first-order chi connectivity index (χ1) is 15.9. The summed E-state index contributed by atoms with van der Waals surface area (Å²) in [6.45, 7) is 1.61. The van der Waals surface area contributed by atoms with Crippen molar-refractivity contribution in [3.8, 4) is 17.3 Å². The topological polar surface area (TPSA) is 125 Å². The molecule has 9 heteroatoms. The van der Waals surface area contributed by atoms with Gasteiger partial charge in [-0.2, -0.15) is 10.4 Å². The SMILES string of the molecule is CC(O)CNC(=O)c1cnn(C)c1C(=O)Cc1cc2nc(-c3ccccc3)cn2cc1C#N. The van der Waals surface area contributed by atoms with Gasteiger partial charge in [0, 0.05) is 38.0 Å². The molecule has 4 aromatic rings. The number of nitriles is 1. The molecular formula is C24H22N6O3. The Morgan fingerprint density at radius 1 is 1.24 bits per heavy atom. The highest BCUT2D eigenvalue weighted by Crippen LogP contribution is 2.22. The van der Waals surface area contributed by atoms with E-state index in [4.69, 9.17) is 0 Å². The number of pyridine rings is 1. The molecule has 0 fully saturated rings. The van der Waals surface area contributed by atoms with Gasteiger partial charge in [0.25, 0.3) is 5.91 Å². The van der Waals surface area contributed by atoms with E-state index in [1.165, 1.54) is 10.9 Å². The van der Waals surface area contributed by atoms with E-state index in [9.17, 15) is 20.0 Å². The number of aryl methyl sites for hydroxylation is 1. The minimum atomic E-state index is -0.718. The average Bonchev–Trinajstić information content (AvgIpc) is 3.40. The lowest BCUT2D eigenvalue weighted by Gasteiger charge is -2.09. The molecule has 166 valence electrons. The van der Waals surface area contributed by atoms with Crippen LogP contribution in [0.25, 0.3) is 16.9 Å². The standard InChI is InChI=1S/C24H22N6O3/c1-15(31)11-26-24(33)19-12-27-29(2)23(19)21(32)8-17-9-22-28-20(16-6-4-3-5-7-16)14-30(22)13-18(17)10-25/h3-7,9,12-15,31H,8,11H2,1-2H3,(H,26,33). The first-order valence-electron chi connectivity index (χ1n) is 10.4. The molecule has 0 spiro atoms. The van der Waals surface area contributed by atoms with Gasteiger partial charge in [0.2, 0.25) is 0 Å². The van der Waals surface area contributed by atoms with Crippen molar-refractivity contribution >= 4 is 17.3 Å². The van der Waals surface area contributed by atoms with Crippen molar-refractivity contribution in [1.29, 1.82) is 5.26 Å². The van der Waals surface area contributed by atoms with Crippen molar-refractivity contribution in [2.75, 3.05) is 6.54 Å². The summed E-state index contributed by atoms with van der Waals surface area (Å²) >= 11 is 0. The van der Waals surface area contributed by atoms with Gasteiger partial charge in [-0.3, -0.25) is 14.3 Å². The Bertz CT molecular complexity index is 1380. The molecule has 0 radical (unpaired) electrons. The predicted octanol–water partition coefficient (Wildman–Crippen LogP) is 2.14. The van der Waals surface area contributed by atoms with E-state index in [0.717, 1.165) is 11.3 Å². The van der Waals surface area contributed by atoms with Crippen LogP contribution < -0.4 is 5.32 Å². The molecule has 2 N–H and O–H groups in total. The second-order valence-electron chi connectivity index (χ2n) is 7.77. The summed E-state index contributed by atoms with van der Waals surface area (Å²) in [6, 6.07) is 13.5. The summed E-state index contributed by atoms with van der Waals surface area (Å²) in [5.74, 6) is -0.850. The summed E-state index contributed by atoms with van der Waals surface area (Å²) in [5.41, 5.74) is 3.42. The van der Waals surface area contributed by atoms with Crippen LogP contribution in [0.2, 0.25) is 0 Å². The number of aromatic nitrogens is 4. The number of carbonyl (C=O) groups is 2. The van der Waals surface area contributed by atoms with E-state index < -0.39 is 12.0 Å². The van der Waals surface area contributed by atoms with E-state index in [-0.39, 0.29) is 30.0 Å². The molecule has 9 nitrogen and oxygen atoms in total. The maximum Gasteiger partial charge on any atom is 0.255 e. The molecule has 0 aliphatic heterocycles. The number of Topliss-reactive ketones (excluding diaryl/α,β-unsaturated/α-hetero) is 1. The Morgan fingerprint density at radius 3 is 2.70 bits per heavy atom. The smallest absolute Gasteiger partial charge is 0.255 e. The number of hydrogen-bond donors (Lipinski definition) is 2. The minimum absolute atomic E-state index is 0.0558. The number of nitrogens with one attached hydrogen (secondary N) is 1. The molecule has 0 bridgehead atoms. The lowest BCUT2D eigenvalue weighted by atomic mass is 10.0. The van der Waals surface area contributed by atoms with E-state index in [1.54, 1.807) is 30.6 Å². The quantitative estimate of drug-likeness (QED) is 0.423. The molecule has 0 saturated carbocycles. The van der Waals surface area contributed by atoms with Crippen LogP contribution in [0.3, 0.4) is 0 Å². The lowest BCUT2D eigenvalue weighted by Crippen LogP contribution is -2.31. The third-order valence-electron chi connectivity index (χ3n) is 5.22. The number of amides is 1. The highest BCUT2D eigenvalue weighted by molar-refractivity contribution is 6.07. The number of fused-ring (bicyclic) bond motifs is 1. The van der Waals surface area contributed by atoms with Gasteiger partial charge in [-0.15, -0.1) is 0 Å². The summed E-state index contributed by atoms with van der Waals surface area (Å²) in [4.78, 5) is 30.3. The lowest BCUT2D eigenvalue weighted by molar-refractivity contribution is 0.0909. The second kappa shape index (κ2) is 9.06. The molecule has 0 saturated heterocycles. The normalized spacial score (nSPS) is 11.8. The largest absolute Gasteiger partial charge is 0.392 e. The number of benzene rings is 1. The number of nitrogens with zero attached hydrogens (tertiary/aromatic N) is 5. The molecule has 3 heterocycles. The van der Waals surface area contributed by atoms with Crippen LogP contribution in [0.4, 0.5) is 0 Å². The van der Waals surface area contributed by atoms with Crippen molar-refractivity contribution in [3.63, 3.8) is 0 Å². The molecular weight excluding hydrogens is 420 g/mol. The van der Waals surface area contributed by atoms with Gasteiger partial charge < -0.3 is 14.8 Å². The van der Waals surface area contributed by atoms with Gasteiger partial charge in [-0.25, -0.2) is 4.98 Å². The molecule has 1 unspecified atom stereocenters. The van der Waals surface area contributed by atoms with Crippen LogP contribution in [0.1, 0.15) is 38.9 Å². The molecule has 1 amide bonds. The maximum absolute atomic E-state index is 13.2. The van der Waals surface area contributed by atoms with Crippen LogP contribution >= 0.6 is 0 Å². The molecule has 4 rings (SSSR count). The minimum Gasteiger partial charge on any atom is -0.392 e. The number of imidazole rings is 1. The number of aliphatic hydroxyl groups excluding tert-OH is 1. The molecule has 1 atom stereocenters. The summed E-state index contributed by atoms with van der Waals surface area (Å²) in [5, 5.41) is 25.7. The van der Waals surface area contributed by atoms with E-state index >= 15 is 0 Å². The Labute approximate surface area is 189 Å². The zero-order chi connectivity index (χ0) is 23.5. The first kappa shape index (κ1) is 21.9. The van der Waals surface area contributed by atoms with Crippen LogP contribution in [0.15, 0.2) is 55.0 Å². The number of aliphatic hydroxyl groups is 1. The highest BCUT2D eigenvalue weighted by Gasteiger charge is 2.23. The Hall–Kier alpha value is -4.29. The van der Waals surface area contributed by atoms with Gasteiger partial charge in [0.1, 0.15) is 17.4 Å². The zero-order valence-electron chi connectivity index (χ0n) is 18.2. The Kier molecular flexibility index (Phi) is 6.02. The average molecular weight is 442 g/mol.